The molecule has 206 valence electrons. The van der Waals surface area contributed by atoms with E-state index in [9.17, 15) is 23.1 Å². The smallest absolute Gasteiger partial charge is 0.402 e. The largest absolute Gasteiger partial charge is 0.443 e. The normalized spacial score (nSPS) is 20.9. The van der Waals surface area contributed by atoms with Crippen molar-refractivity contribution in [2.24, 2.45) is 4.99 Å². The van der Waals surface area contributed by atoms with Crippen LogP contribution in [-0.2, 0) is 11.0 Å². The Balaban J connectivity index is 1.32. The van der Waals surface area contributed by atoms with Gasteiger partial charge in [-0.05, 0) is 25.3 Å². The minimum absolute atomic E-state index is 0.0560. The number of hydrogen-bond acceptors (Lipinski definition) is 10. The number of rotatable bonds is 6. The lowest BCUT2D eigenvalue weighted by atomic mass is 10.0. The second-order valence-corrected chi connectivity index (χ2v) is 10.3. The summed E-state index contributed by atoms with van der Waals surface area (Å²) in [4.78, 5) is 21.4. The monoisotopic (exact) mass is 569 g/mol. The highest BCUT2D eigenvalue weighted by atomic mass is 32.1. The summed E-state index contributed by atoms with van der Waals surface area (Å²) in [5.41, 5.74) is 2.41. The van der Waals surface area contributed by atoms with Crippen LogP contribution >= 0.6 is 11.3 Å². The summed E-state index contributed by atoms with van der Waals surface area (Å²) in [6.45, 7) is 0. The van der Waals surface area contributed by atoms with E-state index in [2.05, 4.69) is 36.1 Å². The Kier molecular flexibility index (Phi) is 6.72. The third-order valence-corrected chi connectivity index (χ3v) is 7.58. The summed E-state index contributed by atoms with van der Waals surface area (Å²) >= 11 is 0.397. The van der Waals surface area contributed by atoms with Crippen LogP contribution in [0.25, 0.3) is 11.6 Å². The fourth-order valence-electron chi connectivity index (χ4n) is 4.64. The summed E-state index contributed by atoms with van der Waals surface area (Å²) < 4.78 is 46.1. The van der Waals surface area contributed by atoms with E-state index in [0.717, 1.165) is 12.0 Å². The Labute approximate surface area is 229 Å². The first-order chi connectivity index (χ1) is 19.3. The van der Waals surface area contributed by atoms with Crippen molar-refractivity contribution >= 4 is 39.7 Å². The molecule has 1 saturated carbocycles. The van der Waals surface area contributed by atoms with Gasteiger partial charge < -0.3 is 25.5 Å². The topological polar surface area (TPSA) is 138 Å². The van der Waals surface area contributed by atoms with Crippen LogP contribution in [0.5, 0.6) is 0 Å². The number of halogens is 3. The van der Waals surface area contributed by atoms with Crippen molar-refractivity contribution in [3.05, 3.63) is 70.7 Å². The van der Waals surface area contributed by atoms with Crippen molar-refractivity contribution in [1.82, 2.24) is 15.2 Å². The molecule has 0 bridgehead atoms. The Morgan fingerprint density at radius 1 is 1.02 bits per heavy atom. The number of fused-ring (bicyclic) bond motifs is 1. The fraction of sp³-hybridized carbons (Fsp3) is 0.269. The number of amides is 1. The molecule has 2 aliphatic rings. The average Bonchev–Trinajstić information content (AvgIpc) is 3.66. The van der Waals surface area contributed by atoms with Gasteiger partial charge in [-0.1, -0.05) is 65.0 Å². The van der Waals surface area contributed by atoms with Gasteiger partial charge in [0.15, 0.2) is 5.69 Å². The summed E-state index contributed by atoms with van der Waals surface area (Å²) in [6.07, 6.45) is -4.69. The zero-order chi connectivity index (χ0) is 27.9. The molecule has 4 aromatic rings. The van der Waals surface area contributed by atoms with E-state index in [1.54, 1.807) is 12.1 Å². The molecule has 1 aliphatic heterocycles. The van der Waals surface area contributed by atoms with Crippen LogP contribution in [-0.4, -0.2) is 50.2 Å². The van der Waals surface area contributed by atoms with Gasteiger partial charge in [-0.15, -0.1) is 5.10 Å². The fourth-order valence-corrected chi connectivity index (χ4v) is 5.52. The number of anilines is 3. The molecule has 3 unspecified atom stereocenters. The first kappa shape index (κ1) is 26.0. The van der Waals surface area contributed by atoms with Crippen molar-refractivity contribution in [2.75, 3.05) is 16.0 Å². The minimum Gasteiger partial charge on any atom is -0.402 e. The molecule has 0 saturated heterocycles. The first-order valence-corrected chi connectivity index (χ1v) is 13.2. The summed E-state index contributed by atoms with van der Waals surface area (Å²) in [6, 6.07) is 15.9. The van der Waals surface area contributed by atoms with Crippen molar-refractivity contribution in [2.45, 2.75) is 43.8 Å². The maximum atomic E-state index is 13.5. The summed E-state index contributed by atoms with van der Waals surface area (Å²) in [5, 5.41) is 25.5. The zero-order valence-corrected chi connectivity index (χ0v) is 21.5. The molecule has 14 heteroatoms. The Hall–Kier alpha value is -4.30. The number of nitrogens with zero attached hydrogens (tertiary/aromatic N) is 4. The van der Waals surface area contributed by atoms with Gasteiger partial charge in [0, 0.05) is 11.1 Å². The van der Waals surface area contributed by atoms with Crippen molar-refractivity contribution in [1.29, 1.82) is 0 Å². The van der Waals surface area contributed by atoms with E-state index < -0.39 is 35.4 Å². The molecule has 3 atom stereocenters. The number of benzene rings is 2. The Morgan fingerprint density at radius 2 is 1.80 bits per heavy atom. The number of aliphatic imine (C=N–C) groups is 1. The number of aliphatic hydroxyl groups excluding tert-OH is 1. The lowest BCUT2D eigenvalue weighted by molar-refractivity contribution is -0.137. The van der Waals surface area contributed by atoms with E-state index in [1.807, 2.05) is 42.5 Å². The number of alkyl halides is 3. The second-order valence-electron chi connectivity index (χ2n) is 9.28. The van der Waals surface area contributed by atoms with Gasteiger partial charge in [-0.25, -0.2) is 9.98 Å². The number of hydrogen-bond donors (Lipinski definition) is 4. The van der Waals surface area contributed by atoms with E-state index >= 15 is 0 Å². The molecular formula is C26H22F3N7O3S. The molecule has 0 radical (unpaired) electrons. The van der Waals surface area contributed by atoms with Crippen LogP contribution in [0.3, 0.4) is 0 Å². The maximum absolute atomic E-state index is 13.5. The Bertz CT molecular complexity index is 1570. The number of benzodiazepines with no additional fused rings is 1. The van der Waals surface area contributed by atoms with Gasteiger partial charge in [0.25, 0.3) is 11.8 Å². The van der Waals surface area contributed by atoms with Gasteiger partial charge >= 0.3 is 12.2 Å². The molecule has 10 nitrogen and oxygen atoms in total. The number of nitrogens with one attached hydrogen (secondary N) is 3. The quantitative estimate of drug-likeness (QED) is 0.261. The van der Waals surface area contributed by atoms with E-state index in [0.29, 0.717) is 41.1 Å². The van der Waals surface area contributed by atoms with Crippen LogP contribution in [0.2, 0.25) is 0 Å². The van der Waals surface area contributed by atoms with Gasteiger partial charge in [0.2, 0.25) is 11.2 Å². The van der Waals surface area contributed by atoms with Gasteiger partial charge in [-0.3, -0.25) is 4.79 Å². The summed E-state index contributed by atoms with van der Waals surface area (Å²) in [5.74, 6) is -0.780. The molecule has 1 aliphatic carbocycles. The van der Waals surface area contributed by atoms with Crippen LogP contribution < -0.4 is 16.0 Å². The molecular weight excluding hydrogens is 547 g/mol. The summed E-state index contributed by atoms with van der Waals surface area (Å²) in [7, 11) is 0. The number of aromatic nitrogens is 3. The average molecular weight is 570 g/mol. The first-order valence-electron chi connectivity index (χ1n) is 12.4. The number of carbonyl (C=O) groups excluding carboxylic acids is 1. The highest BCUT2D eigenvalue weighted by Crippen LogP contribution is 2.42. The predicted molar refractivity (Wildman–Crippen MR) is 142 cm³/mol. The number of aliphatic hydroxyl groups is 1. The SMILES string of the molecule is O=C1Nc2ccccc2C(c2ccccc2)=NC1Nc1nnc(-c2nc(C(F)(F)F)sc2NC2CCCC2O)o1. The van der Waals surface area contributed by atoms with E-state index in [-0.39, 0.29) is 22.6 Å². The number of thiazole rings is 1. The number of para-hydroxylation sites is 1. The van der Waals surface area contributed by atoms with Crippen molar-refractivity contribution in [3.8, 4) is 11.6 Å². The molecule has 1 amide bonds. The Morgan fingerprint density at radius 3 is 2.55 bits per heavy atom. The van der Waals surface area contributed by atoms with Crippen molar-refractivity contribution in [3.63, 3.8) is 0 Å². The molecule has 0 spiro atoms. The number of carbonyl (C=O) groups is 1. The molecule has 3 heterocycles. The standard InChI is InChI=1S/C26H22F3N7O3S/c27-26(28,29)24-33-19(23(40-24)31-16-11-6-12-17(16)37)22-35-36-25(39-22)34-20-21(38)30-15-10-5-4-9-14(15)18(32-20)13-7-2-1-3-8-13/h1-5,7-10,16-17,20,31,37H,6,11-12H2,(H,30,38)(H,34,36). The second kappa shape index (κ2) is 10.4. The molecule has 4 N–H and O–H groups in total. The molecule has 1 fully saturated rings. The molecule has 40 heavy (non-hydrogen) atoms. The van der Waals surface area contributed by atoms with Gasteiger partial charge in [-0.2, -0.15) is 13.2 Å². The van der Waals surface area contributed by atoms with Crippen LogP contribution in [0, 0.1) is 0 Å². The van der Waals surface area contributed by atoms with Crippen LogP contribution in [0.15, 0.2) is 64.0 Å². The highest BCUT2D eigenvalue weighted by molar-refractivity contribution is 7.16. The highest BCUT2D eigenvalue weighted by Gasteiger charge is 2.38. The van der Waals surface area contributed by atoms with Crippen LogP contribution in [0.1, 0.15) is 35.4 Å². The lowest BCUT2D eigenvalue weighted by Gasteiger charge is -2.16. The zero-order valence-electron chi connectivity index (χ0n) is 20.6. The van der Waals surface area contributed by atoms with Crippen LogP contribution in [0.4, 0.5) is 29.9 Å². The molecule has 2 aromatic carbocycles. The third-order valence-electron chi connectivity index (χ3n) is 6.55. The van der Waals surface area contributed by atoms with Gasteiger partial charge in [0.1, 0.15) is 5.00 Å². The van der Waals surface area contributed by atoms with Gasteiger partial charge in [0.05, 0.1) is 23.5 Å². The molecule has 2 aromatic heterocycles. The van der Waals surface area contributed by atoms with E-state index in [1.165, 1.54) is 0 Å². The maximum Gasteiger partial charge on any atom is 0.443 e. The lowest BCUT2D eigenvalue weighted by Crippen LogP contribution is -2.32. The molecule has 6 rings (SSSR count). The van der Waals surface area contributed by atoms with Crippen molar-refractivity contribution < 1.29 is 27.5 Å². The minimum atomic E-state index is -4.69. The predicted octanol–water partition coefficient (Wildman–Crippen LogP) is 4.76. The van der Waals surface area contributed by atoms with E-state index in [4.69, 9.17) is 4.42 Å². The third kappa shape index (κ3) is 5.14.